The Labute approximate surface area is 117 Å². The minimum Gasteiger partial charge on any atom is -0.481 e. The highest BCUT2D eigenvalue weighted by atomic mass is 35.5. The summed E-state index contributed by atoms with van der Waals surface area (Å²) in [4.78, 5) is 10.8. The van der Waals surface area contributed by atoms with Crippen LogP contribution in [-0.4, -0.2) is 25.2 Å². The third-order valence-corrected chi connectivity index (χ3v) is 4.29. The van der Waals surface area contributed by atoms with E-state index in [1.165, 1.54) is 0 Å². The maximum Gasteiger partial charge on any atom is 0.305 e. The highest BCUT2D eigenvalue weighted by Gasteiger charge is 2.21. The lowest BCUT2D eigenvalue weighted by Gasteiger charge is -2.17. The molecular formula is C12H16ClNO4S. The van der Waals surface area contributed by atoms with E-state index in [2.05, 4.69) is 4.72 Å². The van der Waals surface area contributed by atoms with Crippen molar-refractivity contribution < 1.29 is 18.3 Å². The second-order valence-corrected chi connectivity index (χ2v) is 6.45. The number of sulfonamides is 1. The highest BCUT2D eigenvalue weighted by molar-refractivity contribution is 7.89. The van der Waals surface area contributed by atoms with Gasteiger partial charge in [-0.2, -0.15) is 0 Å². The molecule has 7 heteroatoms. The summed E-state index contributed by atoms with van der Waals surface area (Å²) in [7, 11) is -3.48. The Kier molecular flexibility index (Phi) is 5.78. The van der Waals surface area contributed by atoms with Gasteiger partial charge in [0.15, 0.2) is 0 Å². The van der Waals surface area contributed by atoms with Crippen LogP contribution in [0.25, 0.3) is 0 Å². The number of nitrogens with one attached hydrogen (secondary N) is 1. The van der Waals surface area contributed by atoms with Crippen LogP contribution in [0.4, 0.5) is 0 Å². The van der Waals surface area contributed by atoms with E-state index >= 15 is 0 Å². The number of carbonyl (C=O) groups is 1. The molecule has 0 fully saturated rings. The Bertz CT molecular complexity index is 527. The van der Waals surface area contributed by atoms with Crippen molar-refractivity contribution in [2.75, 3.05) is 5.75 Å². The minimum atomic E-state index is -3.48. The van der Waals surface area contributed by atoms with Crippen molar-refractivity contribution in [3.05, 3.63) is 34.9 Å². The fraction of sp³-hybridized carbons (Fsp3) is 0.417. The van der Waals surface area contributed by atoms with E-state index in [-0.39, 0.29) is 12.2 Å². The molecule has 2 N–H and O–H groups in total. The molecule has 0 aliphatic rings. The average molecular weight is 306 g/mol. The van der Waals surface area contributed by atoms with E-state index in [0.717, 1.165) is 0 Å². The monoisotopic (exact) mass is 305 g/mol. The normalized spacial score (nSPS) is 13.2. The second kappa shape index (κ2) is 6.88. The van der Waals surface area contributed by atoms with Crippen molar-refractivity contribution in [2.45, 2.75) is 25.8 Å². The van der Waals surface area contributed by atoms with Crippen LogP contribution in [-0.2, 0) is 14.8 Å². The molecule has 0 aromatic heterocycles. The highest BCUT2D eigenvalue weighted by Crippen LogP contribution is 2.20. The molecule has 0 radical (unpaired) electrons. The summed E-state index contributed by atoms with van der Waals surface area (Å²) in [5, 5.41) is 9.37. The third kappa shape index (κ3) is 5.59. The molecular weight excluding hydrogens is 290 g/mol. The fourth-order valence-corrected chi connectivity index (χ4v) is 3.08. The van der Waals surface area contributed by atoms with Crippen LogP contribution in [0.3, 0.4) is 0 Å². The predicted molar refractivity (Wildman–Crippen MR) is 73.7 cm³/mol. The van der Waals surface area contributed by atoms with Gasteiger partial charge in [-0.3, -0.25) is 4.79 Å². The standard InChI is InChI=1S/C12H16ClNO4S/c1-2-7-19(17,18)14-11(8-12(15)16)9-3-5-10(13)6-4-9/h3-6,11,14H,2,7-8H2,1H3,(H,15,16)/t11-/m0/s1. The Balaban J connectivity index is 2.95. The number of hydrogen-bond donors (Lipinski definition) is 2. The van der Waals surface area contributed by atoms with Crippen LogP contribution in [0.5, 0.6) is 0 Å². The smallest absolute Gasteiger partial charge is 0.305 e. The summed E-state index contributed by atoms with van der Waals surface area (Å²) in [6.07, 6.45) is 0.153. The van der Waals surface area contributed by atoms with Crippen molar-refractivity contribution in [2.24, 2.45) is 0 Å². The first-order chi connectivity index (χ1) is 8.84. The SMILES string of the molecule is CCCS(=O)(=O)N[C@@H](CC(=O)O)c1ccc(Cl)cc1. The van der Waals surface area contributed by atoms with Gasteiger partial charge in [0.1, 0.15) is 0 Å². The number of carboxylic acid groups (broad SMARTS) is 1. The molecule has 0 unspecified atom stereocenters. The van der Waals surface area contributed by atoms with Gasteiger partial charge in [-0.25, -0.2) is 13.1 Å². The van der Waals surface area contributed by atoms with E-state index in [1.54, 1.807) is 31.2 Å². The summed E-state index contributed by atoms with van der Waals surface area (Å²) in [5.41, 5.74) is 0.575. The first kappa shape index (κ1) is 15.9. The van der Waals surface area contributed by atoms with Crippen molar-refractivity contribution in [3.63, 3.8) is 0 Å². The quantitative estimate of drug-likeness (QED) is 0.809. The molecule has 5 nitrogen and oxygen atoms in total. The number of aliphatic carboxylic acids is 1. The molecule has 0 heterocycles. The zero-order valence-electron chi connectivity index (χ0n) is 10.5. The van der Waals surface area contributed by atoms with Crippen molar-refractivity contribution in [1.29, 1.82) is 0 Å². The maximum atomic E-state index is 11.7. The lowest BCUT2D eigenvalue weighted by atomic mass is 10.1. The van der Waals surface area contributed by atoms with Gasteiger partial charge in [-0.15, -0.1) is 0 Å². The third-order valence-electron chi connectivity index (χ3n) is 2.45. The fourth-order valence-electron chi connectivity index (χ4n) is 1.64. The maximum absolute atomic E-state index is 11.7. The number of halogens is 1. The molecule has 106 valence electrons. The summed E-state index contributed by atoms with van der Waals surface area (Å²) in [6.45, 7) is 1.74. The van der Waals surface area contributed by atoms with Gasteiger partial charge in [-0.05, 0) is 24.1 Å². The zero-order valence-corrected chi connectivity index (χ0v) is 12.0. The number of rotatable bonds is 7. The molecule has 0 saturated carbocycles. The lowest BCUT2D eigenvalue weighted by molar-refractivity contribution is -0.137. The van der Waals surface area contributed by atoms with Crippen LogP contribution in [0.1, 0.15) is 31.4 Å². The summed E-state index contributed by atoms with van der Waals surface area (Å²) in [5.74, 6) is -1.10. The van der Waals surface area contributed by atoms with Crippen LogP contribution in [0.2, 0.25) is 5.02 Å². The molecule has 1 rings (SSSR count). The van der Waals surface area contributed by atoms with Gasteiger partial charge in [0, 0.05) is 5.02 Å². The molecule has 0 aliphatic heterocycles. The van der Waals surface area contributed by atoms with E-state index in [4.69, 9.17) is 16.7 Å². The van der Waals surface area contributed by atoms with Gasteiger partial charge in [0.25, 0.3) is 0 Å². The van der Waals surface area contributed by atoms with Crippen molar-refractivity contribution in [3.8, 4) is 0 Å². The topological polar surface area (TPSA) is 83.5 Å². The summed E-state index contributed by atoms with van der Waals surface area (Å²) < 4.78 is 25.9. The Hall–Kier alpha value is -1.11. The van der Waals surface area contributed by atoms with E-state index in [1.807, 2.05) is 0 Å². The Morgan fingerprint density at radius 2 is 1.95 bits per heavy atom. The van der Waals surface area contributed by atoms with E-state index in [0.29, 0.717) is 17.0 Å². The van der Waals surface area contributed by atoms with Crippen LogP contribution < -0.4 is 4.72 Å². The van der Waals surface area contributed by atoms with Gasteiger partial charge in [0.2, 0.25) is 10.0 Å². The number of hydrogen-bond acceptors (Lipinski definition) is 3. The first-order valence-electron chi connectivity index (χ1n) is 5.81. The van der Waals surface area contributed by atoms with Gasteiger partial charge < -0.3 is 5.11 Å². The Morgan fingerprint density at radius 1 is 1.37 bits per heavy atom. The molecule has 0 aliphatic carbocycles. The first-order valence-corrected chi connectivity index (χ1v) is 7.84. The molecule has 0 amide bonds. The van der Waals surface area contributed by atoms with Gasteiger partial charge in [0.05, 0.1) is 18.2 Å². The molecule has 1 aromatic carbocycles. The van der Waals surface area contributed by atoms with Crippen LogP contribution in [0, 0.1) is 0 Å². The largest absolute Gasteiger partial charge is 0.481 e. The van der Waals surface area contributed by atoms with Gasteiger partial charge in [-0.1, -0.05) is 30.7 Å². The molecule has 19 heavy (non-hydrogen) atoms. The number of carboxylic acids is 1. The zero-order chi connectivity index (χ0) is 14.5. The predicted octanol–water partition coefficient (Wildman–Crippen LogP) is 2.19. The van der Waals surface area contributed by atoms with E-state index in [9.17, 15) is 13.2 Å². The van der Waals surface area contributed by atoms with Crippen molar-refractivity contribution in [1.82, 2.24) is 4.72 Å². The number of benzene rings is 1. The average Bonchev–Trinajstić information content (AvgIpc) is 2.27. The second-order valence-electron chi connectivity index (χ2n) is 4.14. The van der Waals surface area contributed by atoms with E-state index < -0.39 is 22.0 Å². The molecule has 0 spiro atoms. The van der Waals surface area contributed by atoms with Gasteiger partial charge >= 0.3 is 5.97 Å². The molecule has 1 atom stereocenters. The van der Waals surface area contributed by atoms with Crippen LogP contribution in [0.15, 0.2) is 24.3 Å². The molecule has 0 bridgehead atoms. The summed E-state index contributed by atoms with van der Waals surface area (Å²) in [6, 6.07) is 5.64. The van der Waals surface area contributed by atoms with Crippen molar-refractivity contribution >= 4 is 27.6 Å². The van der Waals surface area contributed by atoms with Crippen LogP contribution >= 0.6 is 11.6 Å². The minimum absolute atomic E-state index is 0.0310. The molecule has 1 aromatic rings. The lowest BCUT2D eigenvalue weighted by Crippen LogP contribution is -2.32. The molecule has 0 saturated heterocycles. The Morgan fingerprint density at radius 3 is 2.42 bits per heavy atom. The summed E-state index contributed by atoms with van der Waals surface area (Å²) >= 11 is 5.75.